The van der Waals surface area contributed by atoms with Gasteiger partial charge in [0.2, 0.25) is 0 Å². The third kappa shape index (κ3) is 5.33. The smallest absolute Gasteiger partial charge is 0.253 e. The first-order valence-electron chi connectivity index (χ1n) is 20.5. The molecule has 59 heavy (non-hydrogen) atoms. The molecule has 9 aromatic carbocycles. The fourth-order valence-electron chi connectivity index (χ4n) is 10.3. The molecule has 12 rings (SSSR count). The summed E-state index contributed by atoms with van der Waals surface area (Å²) in [5.41, 5.74) is 12.9. The van der Waals surface area contributed by atoms with Crippen LogP contribution in [0.4, 0.5) is 0 Å². The SMILES string of the molecule is c1ccc(-c2ccc3c(c2)[Si](c2ccccc2)(c2ccccc2)c2cc(-c4ccccc4)ccc2C3c2ccc3c(c2)B2c4ccccc4Oc4cccc(c42)S3)cc1. The number of fused-ring (bicyclic) bond motifs is 6. The van der Waals surface area contributed by atoms with Crippen LogP contribution in [0, 0.1) is 0 Å². The molecule has 0 saturated carbocycles. The van der Waals surface area contributed by atoms with Crippen LogP contribution in [0.25, 0.3) is 22.3 Å². The Morgan fingerprint density at radius 2 is 0.949 bits per heavy atom. The van der Waals surface area contributed by atoms with Crippen LogP contribution in [0.5, 0.6) is 11.5 Å². The molecule has 1 nitrogen and oxygen atoms in total. The van der Waals surface area contributed by atoms with Gasteiger partial charge in [-0.1, -0.05) is 211 Å². The molecule has 0 spiro atoms. The Morgan fingerprint density at radius 1 is 0.407 bits per heavy atom. The summed E-state index contributed by atoms with van der Waals surface area (Å²) in [5, 5.41) is 5.70. The van der Waals surface area contributed by atoms with E-state index in [4.69, 9.17) is 4.74 Å². The fraction of sp³-hybridized carbons (Fsp3) is 0.0182. The quantitative estimate of drug-likeness (QED) is 0.161. The first-order valence-corrected chi connectivity index (χ1v) is 23.3. The van der Waals surface area contributed by atoms with E-state index in [1.807, 2.05) is 11.8 Å². The van der Waals surface area contributed by atoms with Gasteiger partial charge in [-0.05, 0) is 94.9 Å². The molecule has 0 bridgehead atoms. The molecule has 276 valence electrons. The largest absolute Gasteiger partial charge is 0.458 e. The summed E-state index contributed by atoms with van der Waals surface area (Å²) in [6, 6.07) is 81.9. The van der Waals surface area contributed by atoms with E-state index in [9.17, 15) is 0 Å². The number of hydrogen-bond donors (Lipinski definition) is 0. The summed E-state index contributed by atoms with van der Waals surface area (Å²) in [7, 11) is -2.94. The van der Waals surface area contributed by atoms with Crippen LogP contribution >= 0.6 is 11.8 Å². The molecule has 0 fully saturated rings. The summed E-state index contributed by atoms with van der Waals surface area (Å²) in [6.45, 7) is 0.0906. The lowest BCUT2D eigenvalue weighted by molar-refractivity contribution is 0.486. The van der Waals surface area contributed by atoms with Gasteiger partial charge in [0.1, 0.15) is 11.5 Å². The van der Waals surface area contributed by atoms with Crippen molar-refractivity contribution in [3.05, 3.63) is 235 Å². The lowest BCUT2D eigenvalue weighted by Crippen LogP contribution is -2.77. The van der Waals surface area contributed by atoms with Crippen molar-refractivity contribution in [1.29, 1.82) is 0 Å². The van der Waals surface area contributed by atoms with Gasteiger partial charge in [-0.2, -0.15) is 0 Å². The van der Waals surface area contributed by atoms with Crippen molar-refractivity contribution in [2.75, 3.05) is 0 Å². The highest BCUT2D eigenvalue weighted by Crippen LogP contribution is 2.41. The summed E-state index contributed by atoms with van der Waals surface area (Å²) in [6.07, 6.45) is 0. The van der Waals surface area contributed by atoms with Gasteiger partial charge in [-0.25, -0.2) is 0 Å². The predicted octanol–water partition coefficient (Wildman–Crippen LogP) is 8.98. The molecule has 0 radical (unpaired) electrons. The summed E-state index contributed by atoms with van der Waals surface area (Å²) >= 11 is 1.87. The fourth-order valence-corrected chi connectivity index (χ4v) is 16.8. The molecule has 0 aromatic heterocycles. The van der Waals surface area contributed by atoms with E-state index < -0.39 is 8.07 Å². The van der Waals surface area contributed by atoms with E-state index in [0.717, 1.165) is 11.5 Å². The monoisotopic (exact) mass is 784 g/mol. The van der Waals surface area contributed by atoms with E-state index >= 15 is 0 Å². The molecule has 3 aliphatic rings. The minimum Gasteiger partial charge on any atom is -0.458 e. The number of para-hydroxylation sites is 1. The molecule has 3 aliphatic heterocycles. The lowest BCUT2D eigenvalue weighted by atomic mass is 9.35. The van der Waals surface area contributed by atoms with Crippen LogP contribution in [0.1, 0.15) is 22.6 Å². The topological polar surface area (TPSA) is 9.23 Å². The zero-order valence-electron chi connectivity index (χ0n) is 32.3. The molecule has 0 amide bonds. The summed E-state index contributed by atoms with van der Waals surface area (Å²) < 4.78 is 6.57. The molecule has 9 aromatic rings. The lowest BCUT2D eigenvalue weighted by Gasteiger charge is -2.44. The van der Waals surface area contributed by atoms with Gasteiger partial charge < -0.3 is 4.74 Å². The van der Waals surface area contributed by atoms with E-state index in [-0.39, 0.29) is 12.6 Å². The second-order valence-corrected chi connectivity index (χ2v) is 20.7. The molecular weight excluding hydrogens is 748 g/mol. The van der Waals surface area contributed by atoms with Gasteiger partial charge >= 0.3 is 0 Å². The van der Waals surface area contributed by atoms with Crippen LogP contribution in [-0.2, 0) is 0 Å². The van der Waals surface area contributed by atoms with Gasteiger partial charge in [0.15, 0.2) is 8.07 Å². The third-order valence-electron chi connectivity index (χ3n) is 12.8. The van der Waals surface area contributed by atoms with Crippen molar-refractivity contribution in [3.8, 4) is 33.8 Å². The van der Waals surface area contributed by atoms with E-state index in [1.165, 1.54) is 85.9 Å². The van der Waals surface area contributed by atoms with Gasteiger partial charge in [-0.15, -0.1) is 0 Å². The zero-order chi connectivity index (χ0) is 38.9. The van der Waals surface area contributed by atoms with Gasteiger partial charge in [0.25, 0.3) is 6.71 Å². The first-order chi connectivity index (χ1) is 29.3. The number of hydrogen-bond acceptors (Lipinski definition) is 2. The van der Waals surface area contributed by atoms with Crippen LogP contribution in [-0.4, -0.2) is 14.8 Å². The van der Waals surface area contributed by atoms with Crippen LogP contribution in [0.2, 0.25) is 0 Å². The molecular formula is C55H37BOSSi. The number of rotatable bonds is 5. The molecule has 4 heteroatoms. The maximum atomic E-state index is 6.57. The van der Waals surface area contributed by atoms with Crippen molar-refractivity contribution in [3.63, 3.8) is 0 Å². The van der Waals surface area contributed by atoms with Crippen molar-refractivity contribution >= 4 is 63.7 Å². The van der Waals surface area contributed by atoms with E-state index in [1.54, 1.807) is 0 Å². The highest BCUT2D eigenvalue weighted by molar-refractivity contribution is 8.00. The highest BCUT2D eigenvalue weighted by atomic mass is 32.2. The molecule has 0 aliphatic carbocycles. The Bertz CT molecular complexity index is 2910. The molecule has 0 unspecified atom stereocenters. The van der Waals surface area contributed by atoms with Gasteiger partial charge in [0.05, 0.1) is 0 Å². The second-order valence-electron chi connectivity index (χ2n) is 15.9. The van der Waals surface area contributed by atoms with Crippen molar-refractivity contribution < 1.29 is 4.74 Å². The standard InChI is InChI=1S/C55H37BOSSi/c1-5-16-37(17-6-1)39-28-31-44-52(35-39)59(42-20-9-3-10-21-42,43-22-11-4-12-23-43)53-36-40(38-18-7-2-8-19-38)29-32-45(53)54(44)41-30-33-50-47(34-41)56-46-24-13-14-25-48(46)57-49-26-15-27-51(58-50)55(49)56/h1-36,54H. The van der Waals surface area contributed by atoms with Gasteiger partial charge in [-0.3, -0.25) is 0 Å². The van der Waals surface area contributed by atoms with Gasteiger partial charge in [0, 0.05) is 15.7 Å². The maximum Gasteiger partial charge on any atom is 0.253 e. The Kier molecular flexibility index (Phi) is 8.04. The second kappa shape index (κ2) is 13.8. The molecule has 3 heterocycles. The van der Waals surface area contributed by atoms with E-state index in [0.29, 0.717) is 0 Å². The van der Waals surface area contributed by atoms with Crippen LogP contribution in [0.3, 0.4) is 0 Å². The number of ether oxygens (including phenoxy) is 1. The number of benzene rings is 9. The summed E-state index contributed by atoms with van der Waals surface area (Å²) in [5.74, 6) is 1.93. The Balaban J connectivity index is 1.17. The van der Waals surface area contributed by atoms with Crippen molar-refractivity contribution in [1.82, 2.24) is 0 Å². The third-order valence-corrected chi connectivity index (χ3v) is 18.9. The molecule has 0 atom stereocenters. The van der Waals surface area contributed by atoms with Crippen LogP contribution < -0.4 is 41.9 Å². The van der Waals surface area contributed by atoms with E-state index in [2.05, 4.69) is 218 Å². The zero-order valence-corrected chi connectivity index (χ0v) is 34.1. The van der Waals surface area contributed by atoms with Crippen LogP contribution in [0.15, 0.2) is 228 Å². The first kappa shape index (κ1) is 34.5. The minimum absolute atomic E-state index is 0.0183. The highest BCUT2D eigenvalue weighted by Gasteiger charge is 2.50. The maximum absolute atomic E-state index is 6.57. The predicted molar refractivity (Wildman–Crippen MR) is 250 cm³/mol. The Morgan fingerprint density at radius 3 is 1.56 bits per heavy atom. The van der Waals surface area contributed by atoms with Crippen molar-refractivity contribution in [2.45, 2.75) is 15.7 Å². The average Bonchev–Trinajstić information content (AvgIpc) is 3.31. The molecule has 0 saturated heterocycles. The summed E-state index contributed by atoms with van der Waals surface area (Å²) in [4.78, 5) is 2.59. The molecule has 0 N–H and O–H groups in total. The average molecular weight is 785 g/mol. The van der Waals surface area contributed by atoms with Crippen molar-refractivity contribution in [2.24, 2.45) is 0 Å². The normalized spacial score (nSPS) is 14.2. The minimum atomic E-state index is -2.94. The Hall–Kier alpha value is -6.59. The Labute approximate surface area is 351 Å².